The van der Waals surface area contributed by atoms with Crippen molar-refractivity contribution in [2.45, 2.75) is 6.42 Å². The monoisotopic (exact) mass is 318 g/mol. The lowest BCUT2D eigenvalue weighted by Crippen LogP contribution is -2.34. The molecule has 21 heavy (non-hydrogen) atoms. The van der Waals surface area contributed by atoms with Gasteiger partial charge < -0.3 is 15.3 Å². The quantitative estimate of drug-likeness (QED) is 0.524. The van der Waals surface area contributed by atoms with Crippen LogP contribution in [0.1, 0.15) is 16.8 Å². The van der Waals surface area contributed by atoms with Gasteiger partial charge in [0.1, 0.15) is 11.3 Å². The summed E-state index contributed by atoms with van der Waals surface area (Å²) in [5.74, 6) is -3.05. The zero-order chi connectivity index (χ0) is 16.2. The van der Waals surface area contributed by atoms with Crippen LogP contribution in [0, 0.1) is 0 Å². The fourth-order valence-corrected chi connectivity index (χ4v) is 2.28. The molecule has 0 aliphatic rings. The average molecular weight is 318 g/mol. The maximum atomic E-state index is 11.9. The van der Waals surface area contributed by atoms with E-state index in [9.17, 15) is 23.1 Å². The number of carbonyl (C=O) groups is 2. The number of carboxylic acids is 2. The second-order valence-corrected chi connectivity index (χ2v) is 5.89. The number of hydrogen-bond donors (Lipinski definition) is 4. The van der Waals surface area contributed by atoms with E-state index in [-0.39, 0.29) is 18.7 Å². The van der Waals surface area contributed by atoms with Gasteiger partial charge in [-0.1, -0.05) is 0 Å². The molecule has 1 aromatic rings. The molecule has 0 radical (unpaired) electrons. The molecule has 9 nitrogen and oxygen atoms in total. The predicted molar refractivity (Wildman–Crippen MR) is 72.5 cm³/mol. The van der Waals surface area contributed by atoms with Gasteiger partial charge in [-0.3, -0.25) is 9.52 Å². The summed E-state index contributed by atoms with van der Waals surface area (Å²) in [7, 11) is -2.83. The van der Waals surface area contributed by atoms with Crippen molar-refractivity contribution >= 4 is 27.8 Å². The molecule has 0 fully saturated rings. The minimum absolute atomic E-state index is 0.0626. The van der Waals surface area contributed by atoms with E-state index in [0.29, 0.717) is 0 Å². The Bertz CT molecular complexity index is 657. The molecule has 4 N–H and O–H groups in total. The molecule has 0 amide bonds. The van der Waals surface area contributed by atoms with Crippen LogP contribution in [0.25, 0.3) is 0 Å². The highest BCUT2D eigenvalue weighted by Crippen LogP contribution is 2.22. The van der Waals surface area contributed by atoms with Gasteiger partial charge in [0.05, 0.1) is 12.1 Å². The first-order chi connectivity index (χ1) is 9.63. The van der Waals surface area contributed by atoms with Crippen LogP contribution in [-0.4, -0.2) is 53.6 Å². The fourth-order valence-electron chi connectivity index (χ4n) is 1.37. The molecule has 0 unspecified atom stereocenters. The Kier molecular flexibility index (Phi) is 5.11. The van der Waals surface area contributed by atoms with Crippen LogP contribution in [0.3, 0.4) is 0 Å². The molecule has 0 atom stereocenters. The number of aromatic carboxylic acids is 1. The van der Waals surface area contributed by atoms with Crippen molar-refractivity contribution in [3.8, 4) is 5.75 Å². The third-order valence-corrected chi connectivity index (χ3v) is 4.02. The van der Waals surface area contributed by atoms with Gasteiger partial charge in [0, 0.05) is 13.6 Å². The summed E-state index contributed by atoms with van der Waals surface area (Å²) in [6.45, 7) is -0.242. The largest absolute Gasteiger partial charge is 0.507 e. The Labute approximate surface area is 120 Å². The van der Waals surface area contributed by atoms with E-state index in [0.717, 1.165) is 16.4 Å². The number of carboxylic acid groups (broad SMARTS) is 2. The third kappa shape index (κ3) is 4.61. The molecule has 0 aliphatic heterocycles. The summed E-state index contributed by atoms with van der Waals surface area (Å²) in [4.78, 5) is 21.2. The summed E-state index contributed by atoms with van der Waals surface area (Å²) < 4.78 is 26.7. The van der Waals surface area contributed by atoms with Crippen molar-refractivity contribution in [1.82, 2.24) is 4.31 Å². The molecule has 1 rings (SSSR count). The lowest BCUT2D eigenvalue weighted by molar-refractivity contribution is -0.137. The lowest BCUT2D eigenvalue weighted by Gasteiger charge is -2.17. The van der Waals surface area contributed by atoms with Gasteiger partial charge >= 0.3 is 22.1 Å². The number of hydrogen-bond acceptors (Lipinski definition) is 5. The normalized spacial score (nSPS) is 11.3. The summed E-state index contributed by atoms with van der Waals surface area (Å²) in [6, 6.07) is 3.18. The minimum Gasteiger partial charge on any atom is -0.507 e. The van der Waals surface area contributed by atoms with Crippen LogP contribution in [0.2, 0.25) is 0 Å². The maximum absolute atomic E-state index is 11.9. The molecular weight excluding hydrogens is 304 g/mol. The van der Waals surface area contributed by atoms with Crippen molar-refractivity contribution in [3.05, 3.63) is 23.8 Å². The molecule has 1 aromatic carbocycles. The first-order valence-corrected chi connectivity index (χ1v) is 7.09. The number of anilines is 1. The number of nitrogens with one attached hydrogen (secondary N) is 1. The molecule has 0 saturated heterocycles. The number of benzene rings is 1. The lowest BCUT2D eigenvalue weighted by atomic mass is 10.2. The van der Waals surface area contributed by atoms with E-state index >= 15 is 0 Å². The highest BCUT2D eigenvalue weighted by molar-refractivity contribution is 7.90. The molecule has 0 heterocycles. The summed E-state index contributed by atoms with van der Waals surface area (Å²) in [6.07, 6.45) is -0.368. The molecule has 10 heteroatoms. The van der Waals surface area contributed by atoms with Crippen LogP contribution in [0.5, 0.6) is 5.75 Å². The van der Waals surface area contributed by atoms with Crippen molar-refractivity contribution < 1.29 is 33.3 Å². The maximum Gasteiger partial charge on any atom is 0.339 e. The van der Waals surface area contributed by atoms with Gasteiger partial charge in [-0.05, 0) is 18.2 Å². The summed E-state index contributed by atoms with van der Waals surface area (Å²) in [5, 5.41) is 26.7. The van der Waals surface area contributed by atoms with Crippen molar-refractivity contribution in [3.63, 3.8) is 0 Å². The van der Waals surface area contributed by atoms with Gasteiger partial charge in [-0.25, -0.2) is 4.79 Å². The fraction of sp³-hybridized carbons (Fsp3) is 0.273. The molecule has 0 saturated carbocycles. The topological polar surface area (TPSA) is 144 Å². The van der Waals surface area contributed by atoms with Crippen LogP contribution < -0.4 is 4.72 Å². The first-order valence-electron chi connectivity index (χ1n) is 5.65. The smallest absolute Gasteiger partial charge is 0.339 e. The summed E-state index contributed by atoms with van der Waals surface area (Å²) in [5.41, 5.74) is -0.518. The van der Waals surface area contributed by atoms with Gasteiger partial charge in [0.2, 0.25) is 0 Å². The average Bonchev–Trinajstić information content (AvgIpc) is 2.37. The molecule has 0 bridgehead atoms. The SMILES string of the molecule is CN(CCC(=O)O)S(=O)(=O)Nc1ccc(O)c(C(=O)O)c1. The number of nitrogens with zero attached hydrogens (tertiary/aromatic N) is 1. The number of rotatable bonds is 7. The standard InChI is InChI=1S/C11H14N2O7S/c1-13(5-4-10(15)16)21(19,20)12-7-2-3-9(14)8(6-7)11(17)18/h2-3,6,12,14H,4-5H2,1H3,(H,15,16)(H,17,18). The molecule has 0 aliphatic carbocycles. The van der Waals surface area contributed by atoms with E-state index in [1.807, 2.05) is 0 Å². The van der Waals surface area contributed by atoms with Crippen LogP contribution in [0.15, 0.2) is 18.2 Å². The summed E-state index contributed by atoms with van der Waals surface area (Å²) >= 11 is 0. The zero-order valence-corrected chi connectivity index (χ0v) is 11.8. The van der Waals surface area contributed by atoms with Crippen molar-refractivity contribution in [2.75, 3.05) is 18.3 Å². The van der Waals surface area contributed by atoms with Crippen LogP contribution >= 0.6 is 0 Å². The van der Waals surface area contributed by atoms with E-state index in [2.05, 4.69) is 4.72 Å². The van der Waals surface area contributed by atoms with Crippen molar-refractivity contribution in [2.24, 2.45) is 0 Å². The first kappa shape index (κ1) is 16.7. The molecule has 116 valence electrons. The number of aliphatic carboxylic acids is 1. The number of aromatic hydroxyl groups is 1. The van der Waals surface area contributed by atoms with E-state index in [4.69, 9.17) is 10.2 Å². The Balaban J connectivity index is 2.91. The van der Waals surface area contributed by atoms with E-state index in [1.165, 1.54) is 13.1 Å². The Morgan fingerprint density at radius 3 is 2.43 bits per heavy atom. The van der Waals surface area contributed by atoms with Gasteiger partial charge in [-0.2, -0.15) is 12.7 Å². The van der Waals surface area contributed by atoms with Crippen molar-refractivity contribution in [1.29, 1.82) is 0 Å². The van der Waals surface area contributed by atoms with Gasteiger partial charge in [0.15, 0.2) is 0 Å². The van der Waals surface area contributed by atoms with Crippen LogP contribution in [-0.2, 0) is 15.0 Å². The Morgan fingerprint density at radius 2 is 1.90 bits per heavy atom. The second kappa shape index (κ2) is 6.41. The highest BCUT2D eigenvalue weighted by Gasteiger charge is 2.19. The Morgan fingerprint density at radius 1 is 1.29 bits per heavy atom. The van der Waals surface area contributed by atoms with Gasteiger partial charge in [0.25, 0.3) is 0 Å². The van der Waals surface area contributed by atoms with Crippen LogP contribution in [0.4, 0.5) is 5.69 Å². The molecular formula is C11H14N2O7S. The minimum atomic E-state index is -4.02. The van der Waals surface area contributed by atoms with E-state index < -0.39 is 33.5 Å². The molecule has 0 aromatic heterocycles. The number of phenols is 1. The predicted octanol–water partition coefficient (Wildman–Crippen LogP) is 0.154. The second-order valence-electron chi connectivity index (χ2n) is 4.11. The zero-order valence-electron chi connectivity index (χ0n) is 11.0. The third-order valence-electron chi connectivity index (χ3n) is 2.52. The Hall–Kier alpha value is -2.33. The highest BCUT2D eigenvalue weighted by atomic mass is 32.2. The molecule has 0 spiro atoms. The van der Waals surface area contributed by atoms with Gasteiger partial charge in [-0.15, -0.1) is 0 Å². The van der Waals surface area contributed by atoms with E-state index in [1.54, 1.807) is 0 Å².